The van der Waals surface area contributed by atoms with Crippen LogP contribution in [0.3, 0.4) is 0 Å². The zero-order valence-electron chi connectivity index (χ0n) is 19.7. The van der Waals surface area contributed by atoms with Crippen molar-refractivity contribution in [3.63, 3.8) is 0 Å². The van der Waals surface area contributed by atoms with Gasteiger partial charge in [-0.3, -0.25) is 9.59 Å². The van der Waals surface area contributed by atoms with Crippen LogP contribution in [0.25, 0.3) is 0 Å². The average Bonchev–Trinajstić information content (AvgIpc) is 2.82. The van der Waals surface area contributed by atoms with Gasteiger partial charge in [0.2, 0.25) is 0 Å². The predicted octanol–water partition coefficient (Wildman–Crippen LogP) is 5.18. The molecule has 0 radical (unpaired) electrons. The fraction of sp³-hybridized carbons (Fsp3) is 0.259. The van der Waals surface area contributed by atoms with Crippen molar-refractivity contribution in [3.05, 3.63) is 89.0 Å². The largest absolute Gasteiger partial charge is 0.497 e. The molecule has 6 nitrogen and oxygen atoms in total. The van der Waals surface area contributed by atoms with Crippen molar-refractivity contribution >= 4 is 17.5 Å². The Morgan fingerprint density at radius 2 is 1.39 bits per heavy atom. The molecule has 0 aliphatic rings. The van der Waals surface area contributed by atoms with E-state index in [2.05, 4.69) is 31.4 Å². The number of hydrogen-bond acceptors (Lipinski definition) is 4. The van der Waals surface area contributed by atoms with Crippen LogP contribution in [0.4, 0.5) is 5.69 Å². The van der Waals surface area contributed by atoms with E-state index in [-0.39, 0.29) is 17.2 Å². The molecular formula is C27H30N2O4. The Kier molecular flexibility index (Phi) is 7.38. The first-order chi connectivity index (χ1) is 15.7. The molecule has 0 spiro atoms. The Morgan fingerprint density at radius 1 is 0.788 bits per heavy atom. The van der Waals surface area contributed by atoms with Crippen LogP contribution in [0, 0.1) is 0 Å². The normalized spacial score (nSPS) is 10.9. The van der Waals surface area contributed by atoms with E-state index in [1.807, 2.05) is 36.4 Å². The first-order valence-corrected chi connectivity index (χ1v) is 10.7. The van der Waals surface area contributed by atoms with Gasteiger partial charge in [0.1, 0.15) is 11.5 Å². The lowest BCUT2D eigenvalue weighted by molar-refractivity contribution is 0.0949. The molecule has 3 rings (SSSR count). The van der Waals surface area contributed by atoms with Gasteiger partial charge in [-0.25, -0.2) is 0 Å². The summed E-state index contributed by atoms with van der Waals surface area (Å²) in [5, 5.41) is 5.76. The second-order valence-corrected chi connectivity index (χ2v) is 8.73. The molecule has 0 bridgehead atoms. The van der Waals surface area contributed by atoms with Crippen LogP contribution in [-0.4, -0.2) is 26.0 Å². The number of rotatable bonds is 7. The number of amides is 2. The minimum Gasteiger partial charge on any atom is -0.497 e. The molecule has 0 saturated heterocycles. The number of methoxy groups -OCH3 is 2. The highest BCUT2D eigenvalue weighted by Gasteiger charge is 2.15. The molecule has 3 aromatic rings. The van der Waals surface area contributed by atoms with Gasteiger partial charge in [0.05, 0.1) is 19.9 Å². The summed E-state index contributed by atoms with van der Waals surface area (Å²) in [5.74, 6) is 0.753. The molecule has 33 heavy (non-hydrogen) atoms. The summed E-state index contributed by atoms with van der Waals surface area (Å²) in [5.41, 5.74) is 3.75. The van der Waals surface area contributed by atoms with E-state index in [9.17, 15) is 9.59 Å². The molecule has 0 aromatic heterocycles. The van der Waals surface area contributed by atoms with E-state index in [4.69, 9.17) is 9.47 Å². The van der Waals surface area contributed by atoms with E-state index < -0.39 is 0 Å². The minimum absolute atomic E-state index is 0.0424. The van der Waals surface area contributed by atoms with Crippen LogP contribution < -0.4 is 20.1 Å². The number of nitrogens with one attached hydrogen (secondary N) is 2. The number of hydrogen-bond donors (Lipinski definition) is 2. The third-order valence-corrected chi connectivity index (χ3v) is 5.34. The Hall–Kier alpha value is -3.80. The van der Waals surface area contributed by atoms with Crippen molar-refractivity contribution < 1.29 is 19.1 Å². The average molecular weight is 447 g/mol. The zero-order valence-corrected chi connectivity index (χ0v) is 19.7. The molecule has 0 saturated carbocycles. The van der Waals surface area contributed by atoms with E-state index in [1.54, 1.807) is 44.6 Å². The molecule has 0 fully saturated rings. The van der Waals surface area contributed by atoms with Crippen molar-refractivity contribution in [3.8, 4) is 11.5 Å². The lowest BCUT2D eigenvalue weighted by Crippen LogP contribution is -2.23. The molecule has 2 amide bonds. The van der Waals surface area contributed by atoms with Crippen LogP contribution in [0.1, 0.15) is 52.6 Å². The topological polar surface area (TPSA) is 76.7 Å². The molecule has 3 aromatic carbocycles. The Labute approximate surface area is 194 Å². The van der Waals surface area contributed by atoms with E-state index in [0.717, 1.165) is 5.56 Å². The lowest BCUT2D eigenvalue weighted by Gasteiger charge is -2.19. The molecule has 0 atom stereocenters. The number of carbonyl (C=O) groups is 2. The first-order valence-electron chi connectivity index (χ1n) is 10.7. The second kappa shape index (κ2) is 10.2. The summed E-state index contributed by atoms with van der Waals surface area (Å²) in [6.45, 7) is 6.78. The smallest absolute Gasteiger partial charge is 0.255 e. The quantitative estimate of drug-likeness (QED) is 0.524. The van der Waals surface area contributed by atoms with Gasteiger partial charge in [-0.15, -0.1) is 0 Å². The van der Waals surface area contributed by atoms with E-state index in [0.29, 0.717) is 34.9 Å². The standard InChI is InChI=1S/C27H30N2O4/c1-27(2,3)21-12-10-19(11-13-21)25(30)28-17-18-6-8-20(9-7-18)26(31)29-23-16-22(32-4)14-15-24(23)33-5/h6-16H,17H2,1-5H3,(H,28,30)(H,29,31). The number of anilines is 1. The van der Waals surface area contributed by atoms with Gasteiger partial charge in [0.25, 0.3) is 11.8 Å². The number of ether oxygens (including phenoxy) is 2. The van der Waals surface area contributed by atoms with Gasteiger partial charge in [-0.2, -0.15) is 0 Å². The molecule has 172 valence electrons. The molecule has 0 unspecified atom stereocenters. The third-order valence-electron chi connectivity index (χ3n) is 5.34. The van der Waals surface area contributed by atoms with Crippen molar-refractivity contribution in [1.82, 2.24) is 5.32 Å². The fourth-order valence-corrected chi connectivity index (χ4v) is 3.29. The molecule has 0 aliphatic carbocycles. The third kappa shape index (κ3) is 6.13. The van der Waals surface area contributed by atoms with Gasteiger partial charge in [0.15, 0.2) is 0 Å². The minimum atomic E-state index is -0.268. The maximum Gasteiger partial charge on any atom is 0.255 e. The van der Waals surface area contributed by atoms with Crippen molar-refractivity contribution in [2.24, 2.45) is 0 Å². The van der Waals surface area contributed by atoms with Crippen molar-refractivity contribution in [1.29, 1.82) is 0 Å². The summed E-state index contributed by atoms with van der Waals surface area (Å²) < 4.78 is 10.5. The van der Waals surface area contributed by atoms with E-state index >= 15 is 0 Å². The van der Waals surface area contributed by atoms with Gasteiger partial charge in [-0.1, -0.05) is 45.0 Å². The molecule has 0 aliphatic heterocycles. The second-order valence-electron chi connectivity index (χ2n) is 8.73. The first kappa shape index (κ1) is 23.9. The monoisotopic (exact) mass is 446 g/mol. The van der Waals surface area contributed by atoms with Crippen LogP contribution in [0.15, 0.2) is 66.7 Å². The summed E-state index contributed by atoms with van der Waals surface area (Å²) in [4.78, 5) is 25.1. The van der Waals surface area contributed by atoms with Gasteiger partial charge >= 0.3 is 0 Å². The molecule has 6 heteroatoms. The summed E-state index contributed by atoms with van der Waals surface area (Å²) in [7, 11) is 3.10. The van der Waals surface area contributed by atoms with Gasteiger partial charge in [0, 0.05) is 23.7 Å². The van der Waals surface area contributed by atoms with Crippen LogP contribution >= 0.6 is 0 Å². The zero-order chi connectivity index (χ0) is 24.0. The Balaban J connectivity index is 1.60. The number of benzene rings is 3. The SMILES string of the molecule is COc1ccc(OC)c(NC(=O)c2ccc(CNC(=O)c3ccc(C(C)(C)C)cc3)cc2)c1. The van der Waals surface area contributed by atoms with Crippen LogP contribution in [-0.2, 0) is 12.0 Å². The Bertz CT molecular complexity index is 1110. The van der Waals surface area contributed by atoms with Crippen LogP contribution in [0.2, 0.25) is 0 Å². The Morgan fingerprint density at radius 3 is 1.97 bits per heavy atom. The van der Waals surface area contributed by atoms with Crippen molar-refractivity contribution in [2.75, 3.05) is 19.5 Å². The number of carbonyl (C=O) groups excluding carboxylic acids is 2. The van der Waals surface area contributed by atoms with Crippen LogP contribution in [0.5, 0.6) is 11.5 Å². The fourth-order valence-electron chi connectivity index (χ4n) is 3.29. The highest BCUT2D eigenvalue weighted by atomic mass is 16.5. The highest BCUT2D eigenvalue weighted by Crippen LogP contribution is 2.29. The molecular weight excluding hydrogens is 416 g/mol. The van der Waals surface area contributed by atoms with Gasteiger partial charge < -0.3 is 20.1 Å². The van der Waals surface area contributed by atoms with Gasteiger partial charge in [-0.05, 0) is 52.9 Å². The predicted molar refractivity (Wildman–Crippen MR) is 130 cm³/mol. The maximum absolute atomic E-state index is 12.7. The molecule has 0 heterocycles. The highest BCUT2D eigenvalue weighted by molar-refractivity contribution is 6.05. The summed E-state index contributed by atoms with van der Waals surface area (Å²) in [6, 6.07) is 19.9. The molecule has 2 N–H and O–H groups in total. The summed E-state index contributed by atoms with van der Waals surface area (Å²) >= 11 is 0. The van der Waals surface area contributed by atoms with Crippen molar-refractivity contribution in [2.45, 2.75) is 32.7 Å². The van der Waals surface area contributed by atoms with E-state index in [1.165, 1.54) is 5.56 Å². The maximum atomic E-state index is 12.7. The lowest BCUT2D eigenvalue weighted by atomic mass is 9.87. The summed E-state index contributed by atoms with van der Waals surface area (Å²) in [6.07, 6.45) is 0.